The van der Waals surface area contributed by atoms with Crippen LogP contribution in [0.1, 0.15) is 96.8 Å². The predicted octanol–water partition coefficient (Wildman–Crippen LogP) is 7.10. The van der Waals surface area contributed by atoms with E-state index in [4.69, 9.17) is 0 Å². The van der Waals surface area contributed by atoms with Gasteiger partial charge in [-0.3, -0.25) is 9.59 Å². The molecule has 2 N–H and O–H groups in total. The van der Waals surface area contributed by atoms with E-state index in [-0.39, 0.29) is 0 Å². The minimum Gasteiger partial charge on any atom is -0.481 e. The Morgan fingerprint density at radius 2 is 1.34 bits per heavy atom. The molecule has 1 aromatic rings. The molecule has 0 saturated carbocycles. The van der Waals surface area contributed by atoms with Crippen molar-refractivity contribution >= 4 is 30.2 Å². The maximum absolute atomic E-state index is 12.3. The summed E-state index contributed by atoms with van der Waals surface area (Å²) in [4.78, 5) is 24.4. The molecular weight excluding hydrogens is 382 g/mol. The summed E-state index contributed by atoms with van der Waals surface area (Å²) < 4.78 is 0. The van der Waals surface area contributed by atoms with Crippen LogP contribution in [0.15, 0.2) is 29.2 Å². The molecule has 5 heteroatoms. The topological polar surface area (TPSA) is 66.4 Å². The van der Waals surface area contributed by atoms with E-state index in [1.807, 2.05) is 6.07 Å². The van der Waals surface area contributed by atoms with Crippen LogP contribution in [0.5, 0.6) is 0 Å². The molecule has 0 radical (unpaired) electrons. The smallest absolute Gasteiger partial charge is 0.316 e. The van der Waals surface area contributed by atoms with Gasteiger partial charge in [0.1, 0.15) is 5.92 Å². The van der Waals surface area contributed by atoms with Crippen molar-refractivity contribution in [2.24, 2.45) is 5.92 Å². The molecule has 0 spiro atoms. The first-order valence-corrected chi connectivity index (χ1v) is 11.8. The molecule has 1 atom stereocenters. The summed E-state index contributed by atoms with van der Waals surface area (Å²) in [5, 5.41) is 12.1. The maximum Gasteiger partial charge on any atom is 0.316 e. The van der Waals surface area contributed by atoms with E-state index in [0.29, 0.717) is 17.0 Å². The third-order valence-corrected chi connectivity index (χ3v) is 5.76. The van der Waals surface area contributed by atoms with Gasteiger partial charge in [0, 0.05) is 4.90 Å². The number of aliphatic carboxylic acids is 1. The van der Waals surface area contributed by atoms with Crippen molar-refractivity contribution in [2.45, 2.75) is 102 Å². The summed E-state index contributed by atoms with van der Waals surface area (Å²) >= 11 is 4.29. The third kappa shape index (κ3) is 11.9. The first kappa shape index (κ1) is 25.5. The lowest BCUT2D eigenvalue weighted by Gasteiger charge is -2.14. The number of carboxylic acid groups (broad SMARTS) is 1. The maximum atomic E-state index is 12.3. The molecule has 1 unspecified atom stereocenters. The zero-order valence-corrected chi connectivity index (χ0v) is 18.9. The van der Waals surface area contributed by atoms with E-state index in [0.717, 1.165) is 19.3 Å². The van der Waals surface area contributed by atoms with Gasteiger partial charge in [0.05, 0.1) is 5.69 Å². The average molecular weight is 422 g/mol. The third-order valence-electron chi connectivity index (χ3n) is 5.37. The highest BCUT2D eigenvalue weighted by molar-refractivity contribution is 7.80. The van der Waals surface area contributed by atoms with E-state index >= 15 is 0 Å². The van der Waals surface area contributed by atoms with Crippen LogP contribution in [-0.2, 0) is 9.59 Å². The number of carbonyl (C=O) groups is 2. The van der Waals surface area contributed by atoms with E-state index in [2.05, 4.69) is 24.9 Å². The largest absolute Gasteiger partial charge is 0.481 e. The van der Waals surface area contributed by atoms with Gasteiger partial charge in [-0.25, -0.2) is 0 Å². The lowest BCUT2D eigenvalue weighted by molar-refractivity contribution is -0.145. The first-order chi connectivity index (χ1) is 14.1. The summed E-state index contributed by atoms with van der Waals surface area (Å²) in [5.41, 5.74) is 0.553. The Balaban J connectivity index is 2.11. The molecule has 0 aliphatic rings. The van der Waals surface area contributed by atoms with Gasteiger partial charge in [0.25, 0.3) is 0 Å². The van der Waals surface area contributed by atoms with Crippen LogP contribution in [0.4, 0.5) is 5.69 Å². The van der Waals surface area contributed by atoms with Gasteiger partial charge in [0.2, 0.25) is 5.91 Å². The van der Waals surface area contributed by atoms with Crippen molar-refractivity contribution in [3.05, 3.63) is 24.3 Å². The number of carboxylic acids is 1. The molecule has 0 aliphatic carbocycles. The number of hydrogen-bond acceptors (Lipinski definition) is 3. The second kappa shape index (κ2) is 16.3. The van der Waals surface area contributed by atoms with Crippen molar-refractivity contribution in [3.63, 3.8) is 0 Å². The SMILES string of the molecule is CCCCCCCCCCCCCCCC(C(=O)O)C(=O)Nc1ccccc1S. The molecule has 0 saturated heterocycles. The number of hydrogen-bond donors (Lipinski definition) is 3. The fourth-order valence-electron chi connectivity index (χ4n) is 3.53. The molecule has 0 heterocycles. The Bertz CT molecular complexity index is 591. The number of amides is 1. The molecule has 4 nitrogen and oxygen atoms in total. The van der Waals surface area contributed by atoms with E-state index in [1.54, 1.807) is 18.2 Å². The molecule has 164 valence electrons. The quantitative estimate of drug-likeness (QED) is 0.143. The summed E-state index contributed by atoms with van der Waals surface area (Å²) in [7, 11) is 0. The van der Waals surface area contributed by atoms with E-state index < -0.39 is 17.8 Å². The fourth-order valence-corrected chi connectivity index (χ4v) is 3.75. The van der Waals surface area contributed by atoms with Crippen molar-refractivity contribution in [1.82, 2.24) is 0 Å². The Morgan fingerprint density at radius 3 is 1.83 bits per heavy atom. The van der Waals surface area contributed by atoms with Crippen LogP contribution in [0.2, 0.25) is 0 Å². The second-order valence-electron chi connectivity index (χ2n) is 7.93. The molecule has 1 aromatic carbocycles. The molecule has 0 aromatic heterocycles. The fraction of sp³-hybridized carbons (Fsp3) is 0.667. The number of anilines is 1. The van der Waals surface area contributed by atoms with Crippen LogP contribution in [-0.4, -0.2) is 17.0 Å². The molecule has 29 heavy (non-hydrogen) atoms. The van der Waals surface area contributed by atoms with Gasteiger partial charge in [-0.15, -0.1) is 12.6 Å². The molecule has 0 bridgehead atoms. The normalized spacial score (nSPS) is 11.9. The van der Waals surface area contributed by atoms with Gasteiger partial charge in [-0.1, -0.05) is 103 Å². The van der Waals surface area contributed by atoms with Gasteiger partial charge in [0.15, 0.2) is 0 Å². The zero-order valence-electron chi connectivity index (χ0n) is 18.0. The van der Waals surface area contributed by atoms with Gasteiger partial charge >= 0.3 is 5.97 Å². The van der Waals surface area contributed by atoms with Crippen molar-refractivity contribution in [1.29, 1.82) is 0 Å². The standard InChI is InChI=1S/C24H39NO3S/c1-2-3-4-5-6-7-8-9-10-11-12-13-14-17-20(24(27)28)23(26)25-21-18-15-16-19-22(21)29/h15-16,18-20,29H,2-14,17H2,1H3,(H,25,26)(H,27,28). The Hall–Kier alpha value is -1.49. The Kier molecular flexibility index (Phi) is 14.4. The van der Waals surface area contributed by atoms with Crippen LogP contribution >= 0.6 is 12.6 Å². The number of para-hydroxylation sites is 1. The summed E-state index contributed by atoms with van der Waals surface area (Å²) in [6, 6.07) is 7.10. The lowest BCUT2D eigenvalue weighted by atomic mass is 9.99. The van der Waals surface area contributed by atoms with Gasteiger partial charge in [-0.2, -0.15) is 0 Å². The highest BCUT2D eigenvalue weighted by atomic mass is 32.1. The van der Waals surface area contributed by atoms with Crippen LogP contribution in [0.25, 0.3) is 0 Å². The highest BCUT2D eigenvalue weighted by Crippen LogP contribution is 2.21. The summed E-state index contributed by atoms with van der Waals surface area (Å²) in [6.07, 6.45) is 16.5. The molecule has 1 rings (SSSR count). The molecule has 1 amide bonds. The molecule has 0 aliphatic heterocycles. The van der Waals surface area contributed by atoms with Crippen LogP contribution in [0, 0.1) is 5.92 Å². The number of benzene rings is 1. The highest BCUT2D eigenvalue weighted by Gasteiger charge is 2.26. The summed E-state index contributed by atoms with van der Waals surface area (Å²) in [6.45, 7) is 2.25. The summed E-state index contributed by atoms with van der Waals surface area (Å²) in [5.74, 6) is -2.52. The predicted molar refractivity (Wildman–Crippen MR) is 124 cm³/mol. The monoisotopic (exact) mass is 421 g/mol. The number of thiol groups is 1. The Labute approximate surface area is 182 Å². The van der Waals surface area contributed by atoms with Crippen molar-refractivity contribution < 1.29 is 14.7 Å². The number of carbonyl (C=O) groups excluding carboxylic acids is 1. The second-order valence-corrected chi connectivity index (χ2v) is 8.41. The minimum atomic E-state index is -1.06. The Morgan fingerprint density at radius 1 is 0.862 bits per heavy atom. The zero-order chi connectivity index (χ0) is 21.3. The lowest BCUT2D eigenvalue weighted by Crippen LogP contribution is -2.29. The molecule has 0 fully saturated rings. The van der Waals surface area contributed by atoms with Gasteiger partial charge in [-0.05, 0) is 18.6 Å². The van der Waals surface area contributed by atoms with E-state index in [9.17, 15) is 14.7 Å². The van der Waals surface area contributed by atoms with Crippen molar-refractivity contribution in [2.75, 3.05) is 5.32 Å². The average Bonchev–Trinajstić information content (AvgIpc) is 2.69. The minimum absolute atomic E-state index is 0.383. The number of nitrogens with one attached hydrogen (secondary N) is 1. The first-order valence-electron chi connectivity index (χ1n) is 11.4. The van der Waals surface area contributed by atoms with Crippen molar-refractivity contribution in [3.8, 4) is 0 Å². The van der Waals surface area contributed by atoms with Crippen LogP contribution in [0.3, 0.4) is 0 Å². The number of unbranched alkanes of at least 4 members (excludes halogenated alkanes) is 12. The van der Waals surface area contributed by atoms with Gasteiger partial charge < -0.3 is 10.4 Å². The molecular formula is C24H39NO3S. The van der Waals surface area contributed by atoms with Crippen LogP contribution < -0.4 is 5.32 Å². The van der Waals surface area contributed by atoms with E-state index in [1.165, 1.54) is 64.2 Å². The number of rotatable bonds is 17.